The molecule has 0 spiro atoms. The van der Waals surface area contributed by atoms with Crippen molar-refractivity contribution in [3.05, 3.63) is 30.1 Å². The van der Waals surface area contributed by atoms with E-state index in [-0.39, 0.29) is 0 Å². The van der Waals surface area contributed by atoms with Gasteiger partial charge in [0, 0.05) is 12.4 Å². The van der Waals surface area contributed by atoms with E-state index in [0.29, 0.717) is 0 Å². The fraction of sp³-hybridized carbons (Fsp3) is 0.167. The second-order valence-corrected chi connectivity index (χ2v) is 3.98. The lowest BCUT2D eigenvalue weighted by Gasteiger charge is -2.16. The standard InChI is InChI=1S/C6H6F2NO3P/c7-6(8,13(10,11)12)5-2-1-3-9-4-5/h1-4H,(H2,10,11,12). The zero-order chi connectivity index (χ0) is 10.1. The molecule has 0 aliphatic carbocycles. The summed E-state index contributed by atoms with van der Waals surface area (Å²) in [6.45, 7) is 0. The molecule has 4 nitrogen and oxygen atoms in total. The Hall–Kier alpha value is -0.840. The smallest absolute Gasteiger partial charge is 0.320 e. The molecule has 0 saturated heterocycles. The van der Waals surface area contributed by atoms with Crippen LogP contribution in [0.5, 0.6) is 0 Å². The lowest BCUT2D eigenvalue weighted by Crippen LogP contribution is -2.13. The minimum absolute atomic E-state index is 0.721. The molecule has 1 heterocycles. The molecule has 0 unspecified atom stereocenters. The van der Waals surface area contributed by atoms with E-state index in [0.717, 1.165) is 12.3 Å². The normalized spacial score (nSPS) is 12.9. The Morgan fingerprint density at radius 2 is 2.08 bits per heavy atom. The van der Waals surface area contributed by atoms with Gasteiger partial charge in [-0.3, -0.25) is 9.55 Å². The van der Waals surface area contributed by atoms with Crippen molar-refractivity contribution in [2.75, 3.05) is 0 Å². The summed E-state index contributed by atoms with van der Waals surface area (Å²) in [6.07, 6.45) is 1.96. The predicted octanol–water partition coefficient (Wildman–Crippen LogP) is 1.31. The first-order valence-electron chi connectivity index (χ1n) is 3.19. The summed E-state index contributed by atoms with van der Waals surface area (Å²) >= 11 is 0. The zero-order valence-corrected chi connectivity index (χ0v) is 7.16. The van der Waals surface area contributed by atoms with Crippen LogP contribution in [-0.4, -0.2) is 14.8 Å². The van der Waals surface area contributed by atoms with E-state index in [1.165, 1.54) is 12.3 Å². The van der Waals surface area contributed by atoms with Crippen LogP contribution in [0, 0.1) is 0 Å². The highest BCUT2D eigenvalue weighted by atomic mass is 31.2. The van der Waals surface area contributed by atoms with Gasteiger partial charge in [0.15, 0.2) is 0 Å². The molecule has 1 aromatic heterocycles. The van der Waals surface area contributed by atoms with Gasteiger partial charge in [-0.15, -0.1) is 0 Å². The van der Waals surface area contributed by atoms with Crippen LogP contribution in [0.3, 0.4) is 0 Å². The topological polar surface area (TPSA) is 70.4 Å². The van der Waals surface area contributed by atoms with Gasteiger partial charge in [0.25, 0.3) is 0 Å². The monoisotopic (exact) mass is 209 g/mol. The van der Waals surface area contributed by atoms with E-state index in [2.05, 4.69) is 4.98 Å². The second-order valence-electron chi connectivity index (χ2n) is 2.33. The Kier molecular flexibility index (Phi) is 2.47. The maximum Gasteiger partial charge on any atom is 0.399 e. The maximum atomic E-state index is 12.9. The number of hydrogen-bond donors (Lipinski definition) is 2. The molecule has 0 aliphatic rings. The quantitative estimate of drug-likeness (QED) is 0.720. The van der Waals surface area contributed by atoms with E-state index in [9.17, 15) is 13.3 Å². The maximum absolute atomic E-state index is 12.9. The summed E-state index contributed by atoms with van der Waals surface area (Å²) in [6, 6.07) is 2.09. The molecule has 0 bridgehead atoms. The first-order chi connectivity index (χ1) is 5.86. The van der Waals surface area contributed by atoms with Gasteiger partial charge in [-0.25, -0.2) is 0 Å². The largest absolute Gasteiger partial charge is 0.399 e. The molecule has 7 heteroatoms. The Labute approximate surface area is 72.4 Å². The molecule has 13 heavy (non-hydrogen) atoms. The highest BCUT2D eigenvalue weighted by Crippen LogP contribution is 2.58. The number of halogens is 2. The Morgan fingerprint density at radius 1 is 1.46 bits per heavy atom. The van der Waals surface area contributed by atoms with Crippen molar-refractivity contribution in [3.63, 3.8) is 0 Å². The predicted molar refractivity (Wildman–Crippen MR) is 40.2 cm³/mol. The van der Waals surface area contributed by atoms with Gasteiger partial charge in [-0.2, -0.15) is 8.78 Å². The number of nitrogens with zero attached hydrogens (tertiary/aromatic N) is 1. The van der Waals surface area contributed by atoms with Gasteiger partial charge in [0.1, 0.15) is 0 Å². The third-order valence-corrected chi connectivity index (χ3v) is 2.36. The SMILES string of the molecule is O=P(O)(O)C(F)(F)c1cccnc1. The number of aromatic nitrogens is 1. The van der Waals surface area contributed by atoms with Gasteiger partial charge >= 0.3 is 13.3 Å². The van der Waals surface area contributed by atoms with Gasteiger partial charge in [0.2, 0.25) is 0 Å². The third-order valence-electron chi connectivity index (χ3n) is 1.37. The lowest BCUT2D eigenvalue weighted by atomic mass is 10.3. The number of hydrogen-bond acceptors (Lipinski definition) is 2. The summed E-state index contributed by atoms with van der Waals surface area (Å²) in [5.41, 5.74) is -4.95. The molecule has 0 aliphatic heterocycles. The van der Waals surface area contributed by atoms with E-state index in [1.54, 1.807) is 0 Å². The first kappa shape index (κ1) is 10.2. The zero-order valence-electron chi connectivity index (χ0n) is 6.26. The van der Waals surface area contributed by atoms with Crippen molar-refractivity contribution in [1.29, 1.82) is 0 Å². The van der Waals surface area contributed by atoms with E-state index in [4.69, 9.17) is 9.79 Å². The van der Waals surface area contributed by atoms with Crippen molar-refractivity contribution in [2.45, 2.75) is 5.66 Å². The highest BCUT2D eigenvalue weighted by Gasteiger charge is 2.50. The molecule has 2 N–H and O–H groups in total. The summed E-state index contributed by atoms with van der Waals surface area (Å²) in [7, 11) is -5.46. The Morgan fingerprint density at radius 3 is 2.46 bits per heavy atom. The van der Waals surface area contributed by atoms with E-state index in [1.807, 2.05) is 0 Å². The average Bonchev–Trinajstić information content (AvgIpc) is 2.04. The summed E-state index contributed by atoms with van der Waals surface area (Å²) < 4.78 is 36.1. The summed E-state index contributed by atoms with van der Waals surface area (Å²) in [5, 5.41) is 0. The van der Waals surface area contributed by atoms with Crippen molar-refractivity contribution in [2.24, 2.45) is 0 Å². The van der Waals surface area contributed by atoms with Crippen molar-refractivity contribution in [3.8, 4) is 0 Å². The van der Waals surface area contributed by atoms with Crippen LogP contribution in [0.15, 0.2) is 24.5 Å². The number of rotatable bonds is 2. The molecular formula is C6H6F2NO3P. The fourth-order valence-corrected chi connectivity index (χ4v) is 1.18. The van der Waals surface area contributed by atoms with Crippen LogP contribution in [0.1, 0.15) is 5.56 Å². The van der Waals surface area contributed by atoms with E-state index >= 15 is 0 Å². The molecular weight excluding hydrogens is 203 g/mol. The summed E-state index contributed by atoms with van der Waals surface area (Å²) in [5.74, 6) is 0. The van der Waals surface area contributed by atoms with Crippen LogP contribution in [0.2, 0.25) is 0 Å². The Bertz CT molecular complexity index is 337. The molecule has 0 saturated carbocycles. The molecule has 0 amide bonds. The minimum Gasteiger partial charge on any atom is -0.320 e. The molecule has 0 aromatic carbocycles. The van der Waals surface area contributed by atoms with Crippen LogP contribution < -0.4 is 0 Å². The van der Waals surface area contributed by atoms with Gasteiger partial charge in [0.05, 0.1) is 5.56 Å². The van der Waals surface area contributed by atoms with Crippen LogP contribution >= 0.6 is 7.60 Å². The van der Waals surface area contributed by atoms with Crippen molar-refractivity contribution >= 4 is 7.60 Å². The molecule has 0 radical (unpaired) electrons. The molecule has 72 valence electrons. The van der Waals surface area contributed by atoms with Crippen molar-refractivity contribution < 1.29 is 23.1 Å². The Balaban J connectivity index is 3.16. The first-order valence-corrected chi connectivity index (χ1v) is 4.81. The fourth-order valence-electron chi connectivity index (χ4n) is 0.709. The van der Waals surface area contributed by atoms with Gasteiger partial charge in [-0.1, -0.05) is 0 Å². The van der Waals surface area contributed by atoms with E-state index < -0.39 is 18.8 Å². The minimum atomic E-state index is -5.46. The van der Waals surface area contributed by atoms with Crippen LogP contribution in [0.25, 0.3) is 0 Å². The third kappa shape index (κ3) is 1.91. The van der Waals surface area contributed by atoms with Crippen LogP contribution in [0.4, 0.5) is 8.78 Å². The van der Waals surface area contributed by atoms with Gasteiger partial charge < -0.3 is 9.79 Å². The number of pyridine rings is 1. The highest BCUT2D eigenvalue weighted by molar-refractivity contribution is 7.52. The van der Waals surface area contributed by atoms with Crippen molar-refractivity contribution in [1.82, 2.24) is 4.98 Å². The molecule has 0 atom stereocenters. The molecule has 0 fully saturated rings. The van der Waals surface area contributed by atoms with Gasteiger partial charge in [-0.05, 0) is 12.1 Å². The summed E-state index contributed by atoms with van der Waals surface area (Å²) in [4.78, 5) is 20.0. The number of alkyl halides is 2. The molecule has 1 rings (SSSR count). The lowest BCUT2D eigenvalue weighted by molar-refractivity contribution is 0.0561. The second kappa shape index (κ2) is 3.14. The van der Waals surface area contributed by atoms with Crippen LogP contribution in [-0.2, 0) is 10.2 Å². The average molecular weight is 209 g/mol. The molecule has 1 aromatic rings.